The number of nitrogens with one attached hydrogen (secondary N) is 3. The number of ketones is 3. The van der Waals surface area contributed by atoms with Gasteiger partial charge in [-0.1, -0.05) is 18.2 Å². The smallest absolute Gasteiger partial charge is 0.410 e. The number of β-amino-alcohol motifs (C(OH)–C–C–N with tert-alkyl or cyclic N) is 1. The summed E-state index contributed by atoms with van der Waals surface area (Å²) in [6.07, 6.45) is -5.30. The molecule has 10 atom stereocenters. The molecular weight excluding hydrogens is 961 g/mol. The summed E-state index contributed by atoms with van der Waals surface area (Å²) in [4.78, 5) is 114. The van der Waals surface area contributed by atoms with Crippen molar-refractivity contribution in [1.82, 2.24) is 30.7 Å². The van der Waals surface area contributed by atoms with Crippen molar-refractivity contribution in [1.29, 1.82) is 0 Å². The number of amides is 5. The SMILES string of the molecule is COc1cccc2c1C(=O)c1c(O)c3c(c(O)c1C2=O)C[C@@](O)(C(=O)CO)C[C@@H]3OC1CC(NC(=O)[C@@H]2CCCN2C(=O)CNC(=O)[C@H](C)NC(=O)[C@@H]2C[C@@H](O)CN2C(=O)OCc2cccnc2)C(O)C(C)O1. The first-order valence-electron chi connectivity index (χ1n) is 23.7. The van der Waals surface area contributed by atoms with Gasteiger partial charge in [0.15, 0.2) is 17.9 Å². The molecule has 4 heterocycles. The second-order valence-corrected chi connectivity index (χ2v) is 18.8. The molecule has 0 spiro atoms. The number of nitrogens with zero attached hydrogens (tertiary/aromatic N) is 3. The van der Waals surface area contributed by atoms with Crippen LogP contribution >= 0.6 is 0 Å². The van der Waals surface area contributed by atoms with Crippen LogP contribution in [0.2, 0.25) is 0 Å². The summed E-state index contributed by atoms with van der Waals surface area (Å²) < 4.78 is 22.9. The Labute approximate surface area is 416 Å². The Bertz CT molecular complexity index is 2720. The van der Waals surface area contributed by atoms with Crippen LogP contribution in [-0.2, 0) is 51.2 Å². The van der Waals surface area contributed by atoms with Crippen molar-refractivity contribution in [3.8, 4) is 17.2 Å². The zero-order valence-electron chi connectivity index (χ0n) is 39.9. The fraction of sp³-hybridized carbons (Fsp3) is 0.490. The number of aliphatic hydroxyl groups is 4. The van der Waals surface area contributed by atoms with Gasteiger partial charge in [-0.2, -0.15) is 0 Å². The first-order valence-corrected chi connectivity index (χ1v) is 23.7. The third kappa shape index (κ3) is 10.2. The number of carbonyl (C=O) groups is 8. The minimum atomic E-state index is -2.43. The molecule has 9 N–H and O–H groups in total. The highest BCUT2D eigenvalue weighted by molar-refractivity contribution is 6.31. The number of hydrogen-bond donors (Lipinski definition) is 9. The highest BCUT2D eigenvalue weighted by Gasteiger charge is 2.51. The van der Waals surface area contributed by atoms with Crippen LogP contribution in [0.25, 0.3) is 0 Å². The van der Waals surface area contributed by atoms with E-state index in [4.69, 9.17) is 18.9 Å². The lowest BCUT2D eigenvalue weighted by Crippen LogP contribution is -2.59. The van der Waals surface area contributed by atoms with Crippen LogP contribution in [0.3, 0.4) is 0 Å². The lowest BCUT2D eigenvalue weighted by atomic mass is 9.72. The average Bonchev–Trinajstić information content (AvgIpc) is 4.04. The predicted octanol–water partition coefficient (Wildman–Crippen LogP) is -1.06. The molecule has 0 radical (unpaired) electrons. The van der Waals surface area contributed by atoms with Gasteiger partial charge in [-0.3, -0.25) is 43.4 Å². The molecule has 3 saturated heterocycles. The zero-order chi connectivity index (χ0) is 52.6. The Morgan fingerprint density at radius 2 is 1.71 bits per heavy atom. The van der Waals surface area contributed by atoms with Gasteiger partial charge >= 0.3 is 6.09 Å². The molecule has 2 aliphatic carbocycles. The van der Waals surface area contributed by atoms with Crippen LogP contribution in [-0.4, -0.2) is 180 Å². The summed E-state index contributed by atoms with van der Waals surface area (Å²) >= 11 is 0. The van der Waals surface area contributed by atoms with Crippen LogP contribution in [0.4, 0.5) is 4.79 Å². The second kappa shape index (κ2) is 21.2. The summed E-state index contributed by atoms with van der Waals surface area (Å²) in [6.45, 7) is 0.963. The zero-order valence-corrected chi connectivity index (χ0v) is 39.9. The Morgan fingerprint density at radius 1 is 0.959 bits per heavy atom. The Balaban J connectivity index is 0.911. The topological polar surface area (TPSA) is 350 Å². The van der Waals surface area contributed by atoms with Crippen molar-refractivity contribution in [3.63, 3.8) is 0 Å². The van der Waals surface area contributed by atoms with Crippen molar-refractivity contribution in [2.24, 2.45) is 0 Å². The van der Waals surface area contributed by atoms with Crippen LogP contribution in [0.1, 0.15) is 101 Å². The van der Waals surface area contributed by atoms with E-state index in [1.54, 1.807) is 18.3 Å². The van der Waals surface area contributed by atoms with Gasteiger partial charge in [-0.25, -0.2) is 4.79 Å². The number of benzene rings is 2. The molecule has 3 fully saturated rings. The monoisotopic (exact) mass is 1020 g/mol. The number of phenols is 2. The second-order valence-electron chi connectivity index (χ2n) is 18.8. The molecule has 1 aromatic heterocycles. The van der Waals surface area contributed by atoms with Crippen molar-refractivity contribution in [2.75, 3.05) is 33.4 Å². The molecule has 5 amide bonds. The molecule has 2 aromatic carbocycles. The maximum Gasteiger partial charge on any atom is 0.410 e. The number of fused-ring (bicyclic) bond motifs is 3. The molecule has 8 rings (SSSR count). The number of hydrogen-bond acceptors (Lipinski definition) is 19. The number of carbonyl (C=O) groups excluding carboxylic acids is 8. The molecule has 5 aliphatic rings. The summed E-state index contributed by atoms with van der Waals surface area (Å²) in [7, 11) is 1.28. The summed E-state index contributed by atoms with van der Waals surface area (Å²) in [5.74, 6) is -7.19. The number of ether oxygens (including phenoxy) is 4. The molecule has 4 unspecified atom stereocenters. The van der Waals surface area contributed by atoms with Crippen LogP contribution in [0.15, 0.2) is 42.7 Å². The Kier molecular flexibility index (Phi) is 15.1. The van der Waals surface area contributed by atoms with E-state index in [0.29, 0.717) is 12.0 Å². The maximum absolute atomic E-state index is 14.1. The average molecular weight is 1020 g/mol. The van der Waals surface area contributed by atoms with E-state index in [1.165, 1.54) is 50.3 Å². The van der Waals surface area contributed by atoms with Crippen molar-refractivity contribution < 1.29 is 87.9 Å². The van der Waals surface area contributed by atoms with E-state index >= 15 is 0 Å². The normalized spacial score (nSPS) is 26.7. The molecule has 3 aliphatic heterocycles. The number of aromatic hydroxyl groups is 2. The van der Waals surface area contributed by atoms with Gasteiger partial charge in [0.2, 0.25) is 29.4 Å². The Hall–Kier alpha value is -7.09. The highest BCUT2D eigenvalue weighted by atomic mass is 16.7. The van der Waals surface area contributed by atoms with Gasteiger partial charge in [0, 0.05) is 66.9 Å². The van der Waals surface area contributed by atoms with Crippen molar-refractivity contribution in [3.05, 3.63) is 81.7 Å². The molecule has 3 aromatic rings. The fourth-order valence-corrected chi connectivity index (χ4v) is 10.2. The molecule has 73 heavy (non-hydrogen) atoms. The quantitative estimate of drug-likeness (QED) is 0.0680. The highest BCUT2D eigenvalue weighted by Crippen LogP contribution is 2.52. The van der Waals surface area contributed by atoms with Gasteiger partial charge in [-0.05, 0) is 38.8 Å². The standard InChI is InChI=1S/C49H56N6O18/c1-22(52-47(67)30-13-25(57)19-55(30)48(68)71-21-24-7-5-11-50-17-24)45(65)51-18-34(59)54-12-6-9-29(54)46(66)53-28-14-35(72-23(2)40(28)60)73-32-16-49(69,33(58)20-56)15-27-37(32)44(64)39-38(42(27)62)41(61)26-8-4-10-31(70-3)36(26)43(39)63/h4-5,7-8,10-11,17,22-23,25,28-30,32,35,40,56-57,60,62,64,69H,6,9,12-16,18-21H2,1-3H3,(H,51,65)(H,52,67)(H,53,66)/t22-,23?,25+,28?,29-,30-,32-,35?,40?,49-/m0/s1. The number of methoxy groups -OCH3 is 1. The van der Waals surface area contributed by atoms with Crippen LogP contribution in [0, 0.1) is 0 Å². The summed E-state index contributed by atoms with van der Waals surface area (Å²) in [5.41, 5.74) is -3.85. The third-order valence-corrected chi connectivity index (χ3v) is 14.0. The van der Waals surface area contributed by atoms with Gasteiger partial charge in [0.05, 0.1) is 61.2 Å². The minimum absolute atomic E-state index is 0.0193. The van der Waals surface area contributed by atoms with E-state index in [1.807, 2.05) is 0 Å². The predicted molar refractivity (Wildman–Crippen MR) is 247 cm³/mol. The van der Waals surface area contributed by atoms with Crippen LogP contribution < -0.4 is 20.7 Å². The first-order chi connectivity index (χ1) is 34.8. The molecule has 24 nitrogen and oxygen atoms in total. The van der Waals surface area contributed by atoms with Crippen LogP contribution in [0.5, 0.6) is 17.2 Å². The van der Waals surface area contributed by atoms with Gasteiger partial charge < -0.3 is 70.4 Å². The van der Waals surface area contributed by atoms with E-state index in [0.717, 1.165) is 4.90 Å². The minimum Gasteiger partial charge on any atom is -0.507 e. The van der Waals surface area contributed by atoms with Gasteiger partial charge in [-0.15, -0.1) is 0 Å². The van der Waals surface area contributed by atoms with E-state index in [-0.39, 0.29) is 67.0 Å². The Morgan fingerprint density at radius 3 is 2.42 bits per heavy atom. The van der Waals surface area contributed by atoms with Crippen molar-refractivity contribution >= 4 is 47.1 Å². The number of phenolic OH excluding ortho intramolecular Hbond substituents is 2. The van der Waals surface area contributed by atoms with Crippen molar-refractivity contribution in [2.45, 2.75) is 119 Å². The number of aliphatic hydroxyl groups excluding tert-OH is 3. The maximum atomic E-state index is 14.1. The number of aromatic nitrogens is 1. The number of pyridine rings is 1. The molecular formula is C49H56N6O18. The van der Waals surface area contributed by atoms with E-state index in [2.05, 4.69) is 20.9 Å². The summed E-state index contributed by atoms with van der Waals surface area (Å²) in [5, 5.41) is 74.4. The largest absolute Gasteiger partial charge is 0.507 e. The number of rotatable bonds is 14. The van der Waals surface area contributed by atoms with Gasteiger partial charge in [0.1, 0.15) is 60.3 Å². The fourth-order valence-electron chi connectivity index (χ4n) is 10.2. The molecule has 0 bridgehead atoms. The third-order valence-electron chi connectivity index (χ3n) is 14.0. The van der Waals surface area contributed by atoms with E-state index < -0.39 is 156 Å². The first kappa shape index (κ1) is 52.2. The molecule has 390 valence electrons. The molecule has 24 heteroatoms. The van der Waals surface area contributed by atoms with Gasteiger partial charge in [0.25, 0.3) is 0 Å². The number of likely N-dealkylation sites (tertiary alicyclic amines) is 2. The number of Topliss-reactive ketones (excluding diaryl/α,β-unsaturated/α-hetero) is 1. The lowest BCUT2D eigenvalue weighted by molar-refractivity contribution is -0.249. The summed E-state index contributed by atoms with van der Waals surface area (Å²) in [6, 6.07) is 3.07. The molecule has 0 saturated carbocycles. The van der Waals surface area contributed by atoms with E-state index in [9.17, 15) is 69.0 Å². The lowest BCUT2D eigenvalue weighted by Gasteiger charge is -2.43.